The molecule has 0 saturated carbocycles. The minimum absolute atomic E-state index is 0.0694. The van der Waals surface area contributed by atoms with Gasteiger partial charge in [-0.3, -0.25) is 9.48 Å². The van der Waals surface area contributed by atoms with Crippen LogP contribution in [0.2, 0.25) is 0 Å². The first-order valence-electron chi connectivity index (χ1n) is 8.21. The smallest absolute Gasteiger partial charge is 0.244 e. The van der Waals surface area contributed by atoms with Crippen LogP contribution >= 0.6 is 0 Å². The van der Waals surface area contributed by atoms with Gasteiger partial charge in [0.15, 0.2) is 0 Å². The van der Waals surface area contributed by atoms with Crippen LogP contribution in [-0.4, -0.2) is 35.8 Å². The molecule has 0 spiro atoms. The van der Waals surface area contributed by atoms with Crippen LogP contribution in [0.15, 0.2) is 36.4 Å². The zero-order chi connectivity index (χ0) is 17.5. The van der Waals surface area contributed by atoms with Crippen LogP contribution in [0.1, 0.15) is 23.4 Å². The van der Waals surface area contributed by atoms with Crippen LogP contribution in [-0.2, 0) is 11.8 Å². The number of rotatable bonds is 7. The van der Waals surface area contributed by atoms with E-state index in [1.807, 2.05) is 49.9 Å². The van der Waals surface area contributed by atoms with Crippen molar-refractivity contribution in [1.82, 2.24) is 15.1 Å². The van der Waals surface area contributed by atoms with Gasteiger partial charge in [-0.25, -0.2) is 0 Å². The molecule has 2 aromatic rings. The van der Waals surface area contributed by atoms with Crippen molar-refractivity contribution in [2.45, 2.75) is 20.3 Å². The van der Waals surface area contributed by atoms with Crippen molar-refractivity contribution in [3.63, 3.8) is 0 Å². The molecule has 1 aromatic carbocycles. The molecular formula is C19H26N4O. The Morgan fingerprint density at radius 2 is 2.00 bits per heavy atom. The van der Waals surface area contributed by atoms with E-state index >= 15 is 0 Å². The van der Waals surface area contributed by atoms with E-state index in [4.69, 9.17) is 0 Å². The topological polar surface area (TPSA) is 50.2 Å². The Balaban J connectivity index is 1.74. The van der Waals surface area contributed by atoms with E-state index in [1.54, 1.807) is 6.08 Å². The van der Waals surface area contributed by atoms with Crippen molar-refractivity contribution in [2.24, 2.45) is 7.05 Å². The zero-order valence-corrected chi connectivity index (χ0v) is 14.9. The molecule has 0 radical (unpaired) electrons. The average Bonchev–Trinajstić information content (AvgIpc) is 2.82. The van der Waals surface area contributed by atoms with Crippen LogP contribution in [0, 0.1) is 13.8 Å². The number of hydrogen-bond donors (Lipinski definition) is 1. The van der Waals surface area contributed by atoms with Crippen molar-refractivity contribution in [2.75, 3.05) is 25.0 Å². The summed E-state index contributed by atoms with van der Waals surface area (Å²) in [6, 6.07) is 10.2. The number of aryl methyl sites for hydroxylation is 2. The van der Waals surface area contributed by atoms with Gasteiger partial charge in [0.1, 0.15) is 0 Å². The lowest BCUT2D eigenvalue weighted by atomic mass is 10.2. The molecule has 5 nitrogen and oxygen atoms in total. The highest BCUT2D eigenvalue weighted by molar-refractivity contribution is 5.91. The first kappa shape index (κ1) is 17.8. The van der Waals surface area contributed by atoms with Gasteiger partial charge in [-0.05, 0) is 38.5 Å². The summed E-state index contributed by atoms with van der Waals surface area (Å²) in [6.07, 6.45) is 4.32. The van der Waals surface area contributed by atoms with E-state index in [1.165, 1.54) is 5.69 Å². The highest BCUT2D eigenvalue weighted by Crippen LogP contribution is 2.13. The maximum absolute atomic E-state index is 11.9. The molecule has 1 amide bonds. The third-order valence-electron chi connectivity index (χ3n) is 4.13. The maximum Gasteiger partial charge on any atom is 0.244 e. The quantitative estimate of drug-likeness (QED) is 0.629. The second-order valence-electron chi connectivity index (χ2n) is 5.94. The van der Waals surface area contributed by atoms with E-state index in [9.17, 15) is 4.79 Å². The largest absolute Gasteiger partial charge is 0.375 e. The van der Waals surface area contributed by atoms with E-state index in [-0.39, 0.29) is 5.91 Å². The monoisotopic (exact) mass is 326 g/mol. The lowest BCUT2D eigenvalue weighted by Crippen LogP contribution is -2.26. The first-order chi connectivity index (χ1) is 11.5. The van der Waals surface area contributed by atoms with E-state index < -0.39 is 0 Å². The Bertz CT molecular complexity index is 704. The number of para-hydroxylation sites is 1. The third-order valence-corrected chi connectivity index (χ3v) is 4.13. The number of carbonyl (C=O) groups excluding carboxylic acids is 1. The van der Waals surface area contributed by atoms with Gasteiger partial charge in [-0.1, -0.05) is 18.2 Å². The van der Waals surface area contributed by atoms with Crippen LogP contribution in [0.5, 0.6) is 0 Å². The molecule has 0 aliphatic heterocycles. The molecule has 1 N–H and O–H groups in total. The molecule has 24 heavy (non-hydrogen) atoms. The van der Waals surface area contributed by atoms with Crippen molar-refractivity contribution < 1.29 is 4.79 Å². The van der Waals surface area contributed by atoms with Gasteiger partial charge in [0.05, 0.1) is 5.69 Å². The van der Waals surface area contributed by atoms with Crippen LogP contribution < -0.4 is 10.2 Å². The number of nitrogens with one attached hydrogen (secondary N) is 1. The summed E-state index contributed by atoms with van der Waals surface area (Å²) < 4.78 is 1.83. The van der Waals surface area contributed by atoms with Crippen molar-refractivity contribution >= 4 is 17.7 Å². The summed E-state index contributed by atoms with van der Waals surface area (Å²) in [5, 5.41) is 7.27. The Morgan fingerprint density at radius 3 is 2.62 bits per heavy atom. The number of amides is 1. The van der Waals surface area contributed by atoms with Gasteiger partial charge >= 0.3 is 0 Å². The number of nitrogens with zero attached hydrogens (tertiary/aromatic N) is 3. The molecule has 1 heterocycles. The molecule has 0 fully saturated rings. The fourth-order valence-electron chi connectivity index (χ4n) is 2.59. The number of aromatic nitrogens is 2. The van der Waals surface area contributed by atoms with Crippen LogP contribution in [0.4, 0.5) is 5.69 Å². The minimum atomic E-state index is -0.0694. The van der Waals surface area contributed by atoms with Gasteiger partial charge in [-0.15, -0.1) is 0 Å². The van der Waals surface area contributed by atoms with Crippen molar-refractivity contribution in [3.8, 4) is 0 Å². The summed E-state index contributed by atoms with van der Waals surface area (Å²) in [4.78, 5) is 14.1. The average molecular weight is 326 g/mol. The summed E-state index contributed by atoms with van der Waals surface area (Å²) in [5.41, 5.74) is 4.19. The minimum Gasteiger partial charge on any atom is -0.375 e. The van der Waals surface area contributed by atoms with Crippen molar-refractivity contribution in [3.05, 3.63) is 53.4 Å². The number of carbonyl (C=O) groups is 1. The molecule has 0 aliphatic rings. The molecule has 1 aromatic heterocycles. The maximum atomic E-state index is 11.9. The highest BCUT2D eigenvalue weighted by Gasteiger charge is 2.06. The molecule has 0 atom stereocenters. The van der Waals surface area contributed by atoms with Gasteiger partial charge < -0.3 is 10.2 Å². The lowest BCUT2D eigenvalue weighted by Gasteiger charge is -2.19. The fourth-order valence-corrected chi connectivity index (χ4v) is 2.59. The summed E-state index contributed by atoms with van der Waals surface area (Å²) in [6.45, 7) is 5.50. The van der Waals surface area contributed by atoms with Gasteiger partial charge in [0.25, 0.3) is 0 Å². The SMILES string of the molecule is Cc1nn(C)c(C)c1C=CC(=O)NCCCN(C)c1ccccc1. The molecule has 0 unspecified atom stereocenters. The second-order valence-corrected chi connectivity index (χ2v) is 5.94. The first-order valence-corrected chi connectivity index (χ1v) is 8.21. The predicted molar refractivity (Wildman–Crippen MR) is 99.1 cm³/mol. The Labute approximate surface area is 144 Å². The molecule has 0 bridgehead atoms. The van der Waals surface area contributed by atoms with Gasteiger partial charge in [0, 0.05) is 50.2 Å². The molecule has 5 heteroatoms. The van der Waals surface area contributed by atoms with Gasteiger partial charge in [-0.2, -0.15) is 5.10 Å². The second kappa shape index (κ2) is 8.34. The predicted octanol–water partition coefficient (Wildman–Crippen LogP) is 2.69. The van der Waals surface area contributed by atoms with E-state index in [0.29, 0.717) is 6.54 Å². The van der Waals surface area contributed by atoms with Crippen molar-refractivity contribution in [1.29, 1.82) is 0 Å². The standard InChI is InChI=1S/C19H26N4O/c1-15-18(16(2)23(4)21-15)11-12-19(24)20-13-8-14-22(3)17-9-6-5-7-10-17/h5-7,9-12H,8,13-14H2,1-4H3,(H,20,24). The molecule has 128 valence electrons. The summed E-state index contributed by atoms with van der Waals surface area (Å²) in [5.74, 6) is -0.0694. The van der Waals surface area contributed by atoms with Crippen LogP contribution in [0.25, 0.3) is 6.08 Å². The summed E-state index contributed by atoms with van der Waals surface area (Å²) >= 11 is 0. The third kappa shape index (κ3) is 4.72. The molecule has 2 rings (SSSR count). The number of hydrogen-bond acceptors (Lipinski definition) is 3. The summed E-state index contributed by atoms with van der Waals surface area (Å²) in [7, 11) is 3.97. The van der Waals surface area contributed by atoms with Crippen LogP contribution in [0.3, 0.4) is 0 Å². The Hall–Kier alpha value is -2.56. The van der Waals surface area contributed by atoms with E-state index in [0.717, 1.165) is 29.9 Å². The molecular weight excluding hydrogens is 300 g/mol. The normalized spacial score (nSPS) is 11.0. The molecule has 0 saturated heterocycles. The Kier molecular flexibility index (Phi) is 6.18. The molecule has 0 aliphatic carbocycles. The Morgan fingerprint density at radius 1 is 1.29 bits per heavy atom. The van der Waals surface area contributed by atoms with E-state index in [2.05, 4.69) is 34.5 Å². The van der Waals surface area contributed by atoms with Gasteiger partial charge in [0.2, 0.25) is 5.91 Å². The fraction of sp³-hybridized carbons (Fsp3) is 0.368. The number of anilines is 1. The number of benzene rings is 1. The zero-order valence-electron chi connectivity index (χ0n) is 14.9. The highest BCUT2D eigenvalue weighted by atomic mass is 16.1. The lowest BCUT2D eigenvalue weighted by molar-refractivity contribution is -0.116.